The van der Waals surface area contributed by atoms with Crippen LogP contribution in [0.1, 0.15) is 19.4 Å². The molecule has 0 saturated heterocycles. The Morgan fingerprint density at radius 2 is 2.00 bits per heavy atom. The van der Waals surface area contributed by atoms with Crippen molar-refractivity contribution in [2.45, 2.75) is 25.3 Å². The summed E-state index contributed by atoms with van der Waals surface area (Å²) in [4.78, 5) is 16.3. The first-order valence-electron chi connectivity index (χ1n) is 8.15. The third-order valence-electron chi connectivity index (χ3n) is 3.74. The lowest BCUT2D eigenvalue weighted by molar-refractivity contribution is -0.116. The largest absolute Gasteiger partial charge is 0.489 e. The van der Waals surface area contributed by atoms with E-state index in [0.717, 1.165) is 15.8 Å². The van der Waals surface area contributed by atoms with Gasteiger partial charge in [-0.25, -0.2) is 9.37 Å². The minimum Gasteiger partial charge on any atom is -0.489 e. The predicted octanol–water partition coefficient (Wildman–Crippen LogP) is 5.37. The minimum atomic E-state index is -0.266. The number of thiazole rings is 1. The van der Waals surface area contributed by atoms with Crippen molar-refractivity contribution in [2.24, 2.45) is 5.92 Å². The molecule has 0 aliphatic rings. The molecule has 1 N–H and O–H groups in total. The molecule has 4 nitrogen and oxygen atoms in total. The van der Waals surface area contributed by atoms with E-state index in [9.17, 15) is 9.18 Å². The number of rotatable bonds is 6. The van der Waals surface area contributed by atoms with Gasteiger partial charge in [0.15, 0.2) is 5.13 Å². The summed E-state index contributed by atoms with van der Waals surface area (Å²) in [6, 6.07) is 11.8. The molecule has 0 bridgehead atoms. The highest BCUT2D eigenvalue weighted by Gasteiger charge is 2.19. The van der Waals surface area contributed by atoms with Crippen molar-refractivity contribution in [3.05, 3.63) is 53.8 Å². The number of aromatic nitrogens is 1. The average Bonchev–Trinajstić information content (AvgIpc) is 3.01. The van der Waals surface area contributed by atoms with Crippen molar-refractivity contribution in [3.8, 4) is 5.75 Å². The van der Waals surface area contributed by atoms with E-state index in [0.29, 0.717) is 17.5 Å². The summed E-state index contributed by atoms with van der Waals surface area (Å²) in [7, 11) is 0. The van der Waals surface area contributed by atoms with Crippen LogP contribution in [0.5, 0.6) is 5.75 Å². The van der Waals surface area contributed by atoms with Crippen LogP contribution < -0.4 is 10.1 Å². The van der Waals surface area contributed by atoms with Gasteiger partial charge in [0.25, 0.3) is 0 Å². The number of amides is 1. The summed E-state index contributed by atoms with van der Waals surface area (Å²) in [6.07, 6.45) is 0. The van der Waals surface area contributed by atoms with E-state index in [1.807, 2.05) is 32.0 Å². The van der Waals surface area contributed by atoms with Crippen LogP contribution in [0.25, 0.3) is 10.2 Å². The number of carbonyl (C=O) groups is 1. The molecule has 1 aromatic heterocycles. The van der Waals surface area contributed by atoms with E-state index >= 15 is 0 Å². The maximum atomic E-state index is 12.9. The third-order valence-corrected chi connectivity index (χ3v) is 6.15. The number of nitrogens with zero attached hydrogens (tertiary/aromatic N) is 1. The lowest BCUT2D eigenvalue weighted by Crippen LogP contribution is -2.26. The molecule has 0 spiro atoms. The van der Waals surface area contributed by atoms with Crippen molar-refractivity contribution in [1.29, 1.82) is 0 Å². The Balaban J connectivity index is 1.69. The lowest BCUT2D eigenvalue weighted by Gasteiger charge is -2.11. The number of fused-ring (bicyclic) bond motifs is 1. The number of carbonyl (C=O) groups excluding carboxylic acids is 1. The van der Waals surface area contributed by atoms with Gasteiger partial charge in [0, 0.05) is 0 Å². The highest BCUT2D eigenvalue weighted by atomic mass is 79.9. The Morgan fingerprint density at radius 3 is 2.69 bits per heavy atom. The van der Waals surface area contributed by atoms with Crippen LogP contribution in [0.2, 0.25) is 0 Å². The van der Waals surface area contributed by atoms with Gasteiger partial charge in [0.2, 0.25) is 5.91 Å². The average molecular weight is 437 g/mol. The van der Waals surface area contributed by atoms with Gasteiger partial charge in [-0.2, -0.15) is 0 Å². The van der Waals surface area contributed by atoms with Gasteiger partial charge in [-0.15, -0.1) is 0 Å². The Kier molecular flexibility index (Phi) is 5.88. The number of hydrogen-bond acceptors (Lipinski definition) is 4. The zero-order valence-corrected chi connectivity index (χ0v) is 16.7. The Labute approximate surface area is 163 Å². The summed E-state index contributed by atoms with van der Waals surface area (Å²) < 4.78 is 19.6. The molecule has 3 aromatic rings. The standard InChI is InChI=1S/C19H18BrFN2O2S/c1-11(2)17(20)18(24)23-19-22-15-8-7-14(9-16(15)26-19)25-10-12-3-5-13(21)6-4-12/h3-9,11,17H,10H2,1-2H3,(H,22,23,24)/t17-/m0/s1. The zero-order chi connectivity index (χ0) is 18.7. The maximum absolute atomic E-state index is 12.9. The Bertz CT molecular complexity index is 912. The van der Waals surface area contributed by atoms with Crippen molar-refractivity contribution < 1.29 is 13.9 Å². The van der Waals surface area contributed by atoms with Crippen LogP contribution in [0, 0.1) is 11.7 Å². The first kappa shape index (κ1) is 18.8. The van der Waals surface area contributed by atoms with Crippen LogP contribution in [-0.2, 0) is 11.4 Å². The number of nitrogens with one attached hydrogen (secondary N) is 1. The van der Waals surface area contributed by atoms with E-state index in [2.05, 4.69) is 26.2 Å². The van der Waals surface area contributed by atoms with E-state index in [4.69, 9.17) is 4.74 Å². The highest BCUT2D eigenvalue weighted by molar-refractivity contribution is 9.10. The van der Waals surface area contributed by atoms with Crippen molar-refractivity contribution >= 4 is 48.5 Å². The summed E-state index contributed by atoms with van der Waals surface area (Å²) >= 11 is 4.79. The lowest BCUT2D eigenvalue weighted by atomic mass is 10.1. The molecule has 1 amide bonds. The van der Waals surface area contributed by atoms with Crippen LogP contribution in [0.3, 0.4) is 0 Å². The van der Waals surface area contributed by atoms with Crippen LogP contribution in [-0.4, -0.2) is 15.7 Å². The predicted molar refractivity (Wildman–Crippen MR) is 107 cm³/mol. The van der Waals surface area contributed by atoms with E-state index in [-0.39, 0.29) is 22.5 Å². The Hall–Kier alpha value is -1.99. The first-order chi connectivity index (χ1) is 12.4. The normalized spacial score (nSPS) is 12.3. The summed E-state index contributed by atoms with van der Waals surface area (Å²) in [5.74, 6) is 0.518. The summed E-state index contributed by atoms with van der Waals surface area (Å²) in [5.41, 5.74) is 1.69. The Morgan fingerprint density at radius 1 is 1.27 bits per heavy atom. The molecule has 136 valence electrons. The van der Waals surface area contributed by atoms with Gasteiger partial charge < -0.3 is 10.1 Å². The van der Waals surface area contributed by atoms with E-state index in [1.165, 1.54) is 23.5 Å². The molecular weight excluding hydrogens is 419 g/mol. The molecular formula is C19H18BrFN2O2S. The SMILES string of the molecule is CC(C)[C@H](Br)C(=O)Nc1nc2ccc(OCc3ccc(F)cc3)cc2s1. The molecule has 0 aliphatic heterocycles. The second-order valence-electron chi connectivity index (χ2n) is 6.20. The number of anilines is 1. The van der Waals surface area contributed by atoms with Gasteiger partial charge >= 0.3 is 0 Å². The van der Waals surface area contributed by atoms with Gasteiger partial charge in [-0.3, -0.25) is 4.79 Å². The van der Waals surface area contributed by atoms with Gasteiger partial charge in [0.1, 0.15) is 18.2 Å². The van der Waals surface area contributed by atoms with Gasteiger partial charge in [0.05, 0.1) is 15.0 Å². The fourth-order valence-corrected chi connectivity index (χ4v) is 3.28. The van der Waals surface area contributed by atoms with Gasteiger partial charge in [-0.05, 0) is 41.8 Å². The number of halogens is 2. The molecule has 0 saturated carbocycles. The number of ether oxygens (including phenoxy) is 1. The zero-order valence-electron chi connectivity index (χ0n) is 14.3. The van der Waals surface area contributed by atoms with Crippen LogP contribution >= 0.6 is 27.3 Å². The second-order valence-corrected chi connectivity index (χ2v) is 8.22. The van der Waals surface area contributed by atoms with Crippen molar-refractivity contribution in [2.75, 3.05) is 5.32 Å². The highest BCUT2D eigenvalue weighted by Crippen LogP contribution is 2.30. The van der Waals surface area contributed by atoms with E-state index in [1.54, 1.807) is 12.1 Å². The summed E-state index contributed by atoms with van der Waals surface area (Å²) in [5, 5.41) is 3.40. The maximum Gasteiger partial charge on any atom is 0.240 e. The van der Waals surface area contributed by atoms with Gasteiger partial charge in [-0.1, -0.05) is 53.2 Å². The van der Waals surface area contributed by atoms with E-state index < -0.39 is 0 Å². The number of hydrogen-bond donors (Lipinski definition) is 1. The monoisotopic (exact) mass is 436 g/mol. The molecule has 26 heavy (non-hydrogen) atoms. The topological polar surface area (TPSA) is 51.2 Å². The first-order valence-corrected chi connectivity index (χ1v) is 9.88. The van der Waals surface area contributed by atoms with Crippen molar-refractivity contribution in [3.63, 3.8) is 0 Å². The molecule has 1 atom stereocenters. The molecule has 7 heteroatoms. The quantitative estimate of drug-likeness (QED) is 0.528. The smallest absolute Gasteiger partial charge is 0.240 e. The van der Waals surface area contributed by atoms with Crippen molar-refractivity contribution in [1.82, 2.24) is 4.98 Å². The number of benzene rings is 2. The fraction of sp³-hybridized carbons (Fsp3) is 0.263. The second kappa shape index (κ2) is 8.14. The molecule has 0 unspecified atom stereocenters. The summed E-state index contributed by atoms with van der Waals surface area (Å²) in [6.45, 7) is 4.30. The fourth-order valence-electron chi connectivity index (χ4n) is 2.27. The minimum absolute atomic E-state index is 0.105. The third kappa shape index (κ3) is 4.59. The molecule has 0 fully saturated rings. The van der Waals surface area contributed by atoms with Crippen LogP contribution in [0.15, 0.2) is 42.5 Å². The number of alkyl halides is 1. The molecule has 1 heterocycles. The molecule has 0 aliphatic carbocycles. The van der Waals surface area contributed by atoms with Crippen LogP contribution in [0.4, 0.5) is 9.52 Å². The molecule has 2 aromatic carbocycles. The molecule has 0 radical (unpaired) electrons. The molecule has 3 rings (SSSR count).